The number of fused-ring (bicyclic) bond motifs is 2. The zero-order valence-electron chi connectivity index (χ0n) is 8.39. The molecule has 0 aromatic rings. The molecular formula is C11H14O4. The number of carboxylic acids is 1. The molecule has 2 aliphatic carbocycles. The van der Waals surface area contributed by atoms with E-state index in [1.807, 2.05) is 0 Å². The highest BCUT2D eigenvalue weighted by atomic mass is 16.5. The number of carbonyl (C=O) groups excluding carboxylic acids is 1. The summed E-state index contributed by atoms with van der Waals surface area (Å²) in [6, 6.07) is 0. The van der Waals surface area contributed by atoms with Crippen molar-refractivity contribution in [3.63, 3.8) is 0 Å². The molecule has 2 rings (SSSR count). The quantitative estimate of drug-likeness (QED) is 0.699. The van der Waals surface area contributed by atoms with Crippen LogP contribution in [0, 0.1) is 17.8 Å². The fourth-order valence-electron chi connectivity index (χ4n) is 2.74. The predicted octanol–water partition coefficient (Wildman–Crippen LogP) is 0.867. The van der Waals surface area contributed by atoms with Crippen LogP contribution in [-0.4, -0.2) is 29.6 Å². The number of ketones is 1. The molecule has 4 heteroatoms. The average molecular weight is 210 g/mol. The fourth-order valence-corrected chi connectivity index (χ4v) is 2.74. The van der Waals surface area contributed by atoms with Crippen LogP contribution in [0.4, 0.5) is 0 Å². The summed E-state index contributed by atoms with van der Waals surface area (Å²) in [7, 11) is 0. The van der Waals surface area contributed by atoms with E-state index >= 15 is 0 Å². The smallest absolute Gasteiger partial charge is 0.307 e. The zero-order chi connectivity index (χ0) is 11.0. The van der Waals surface area contributed by atoms with E-state index in [1.54, 1.807) is 6.08 Å². The molecule has 0 aromatic carbocycles. The first-order chi connectivity index (χ1) is 7.15. The molecule has 0 saturated heterocycles. The first-order valence-electron chi connectivity index (χ1n) is 5.14. The molecule has 0 amide bonds. The lowest BCUT2D eigenvalue weighted by Gasteiger charge is -2.24. The van der Waals surface area contributed by atoms with Crippen LogP contribution in [-0.2, 0) is 14.3 Å². The second kappa shape index (κ2) is 3.77. The highest BCUT2D eigenvalue weighted by Crippen LogP contribution is 2.47. The zero-order valence-corrected chi connectivity index (χ0v) is 8.39. The van der Waals surface area contributed by atoms with Gasteiger partial charge in [0.1, 0.15) is 6.10 Å². The Morgan fingerprint density at radius 1 is 1.60 bits per heavy atom. The van der Waals surface area contributed by atoms with E-state index in [-0.39, 0.29) is 23.7 Å². The van der Waals surface area contributed by atoms with Gasteiger partial charge in [-0.15, -0.1) is 6.58 Å². The first-order valence-corrected chi connectivity index (χ1v) is 5.14. The van der Waals surface area contributed by atoms with Crippen LogP contribution in [0.2, 0.25) is 0 Å². The highest BCUT2D eigenvalue weighted by molar-refractivity contribution is 5.93. The number of carboxylic acid groups (broad SMARTS) is 1. The maximum absolute atomic E-state index is 11.8. The molecular weight excluding hydrogens is 196 g/mol. The summed E-state index contributed by atoms with van der Waals surface area (Å²) in [5.41, 5.74) is 0. The van der Waals surface area contributed by atoms with Gasteiger partial charge in [0, 0.05) is 5.92 Å². The summed E-state index contributed by atoms with van der Waals surface area (Å²) in [4.78, 5) is 22.6. The largest absolute Gasteiger partial charge is 0.481 e. The Kier molecular flexibility index (Phi) is 2.61. The summed E-state index contributed by atoms with van der Waals surface area (Å²) >= 11 is 0. The second-order valence-corrected chi connectivity index (χ2v) is 4.23. The molecule has 0 aromatic heterocycles. The predicted molar refractivity (Wildman–Crippen MR) is 52.3 cm³/mol. The number of Topliss-reactive ketones (excluding diaryl/α,β-unsaturated/α-hetero) is 1. The highest BCUT2D eigenvalue weighted by Gasteiger charge is 2.55. The molecule has 0 heterocycles. The van der Waals surface area contributed by atoms with E-state index in [0.717, 1.165) is 0 Å². The van der Waals surface area contributed by atoms with Gasteiger partial charge in [0.2, 0.25) is 0 Å². The number of hydrogen-bond acceptors (Lipinski definition) is 3. The molecule has 82 valence electrons. The van der Waals surface area contributed by atoms with Crippen molar-refractivity contribution in [2.75, 3.05) is 6.61 Å². The lowest BCUT2D eigenvalue weighted by Crippen LogP contribution is -2.37. The molecule has 2 bridgehead atoms. The van der Waals surface area contributed by atoms with Crippen molar-refractivity contribution in [3.05, 3.63) is 12.7 Å². The average Bonchev–Trinajstić information content (AvgIpc) is 2.73. The summed E-state index contributed by atoms with van der Waals surface area (Å²) in [5.74, 6) is -1.57. The first kappa shape index (κ1) is 10.4. The van der Waals surface area contributed by atoms with Gasteiger partial charge < -0.3 is 9.84 Å². The third-order valence-corrected chi connectivity index (χ3v) is 3.38. The molecule has 2 saturated carbocycles. The summed E-state index contributed by atoms with van der Waals surface area (Å²) in [6.07, 6.45) is 2.47. The van der Waals surface area contributed by atoms with Crippen LogP contribution in [0.1, 0.15) is 12.8 Å². The van der Waals surface area contributed by atoms with E-state index in [0.29, 0.717) is 19.4 Å². The number of hydrogen-bond donors (Lipinski definition) is 1. The fraction of sp³-hybridized carbons (Fsp3) is 0.636. The summed E-state index contributed by atoms with van der Waals surface area (Å²) in [5, 5.41) is 8.91. The Labute approximate surface area is 87.9 Å². The Balaban J connectivity index is 2.04. The van der Waals surface area contributed by atoms with E-state index < -0.39 is 11.9 Å². The van der Waals surface area contributed by atoms with Crippen LogP contribution < -0.4 is 0 Å². The molecule has 2 aliphatic rings. The topological polar surface area (TPSA) is 63.6 Å². The van der Waals surface area contributed by atoms with Crippen molar-refractivity contribution < 1.29 is 19.4 Å². The standard InChI is InChI=1S/C11H14O4/c1-2-3-15-10-6-4-7(9(10)12)8(5-6)11(13)14/h2,6-8,10H,1,3-5H2,(H,13,14)/t6-,7+,8-,10-/m1/s1. The van der Waals surface area contributed by atoms with Crippen molar-refractivity contribution in [1.82, 2.24) is 0 Å². The van der Waals surface area contributed by atoms with Gasteiger partial charge in [0.05, 0.1) is 12.5 Å². The number of ether oxygens (including phenoxy) is 1. The molecule has 1 N–H and O–H groups in total. The molecule has 0 radical (unpaired) electrons. The second-order valence-electron chi connectivity index (χ2n) is 4.23. The van der Waals surface area contributed by atoms with Gasteiger partial charge in [-0.3, -0.25) is 9.59 Å². The Morgan fingerprint density at radius 3 is 2.87 bits per heavy atom. The van der Waals surface area contributed by atoms with Crippen molar-refractivity contribution in [3.8, 4) is 0 Å². The van der Waals surface area contributed by atoms with Crippen LogP contribution in [0.3, 0.4) is 0 Å². The molecule has 4 nitrogen and oxygen atoms in total. The lowest BCUT2D eigenvalue weighted by atomic mass is 9.86. The van der Waals surface area contributed by atoms with Gasteiger partial charge in [0.15, 0.2) is 5.78 Å². The van der Waals surface area contributed by atoms with E-state index in [2.05, 4.69) is 6.58 Å². The van der Waals surface area contributed by atoms with Gasteiger partial charge in [0.25, 0.3) is 0 Å². The van der Waals surface area contributed by atoms with Crippen LogP contribution >= 0.6 is 0 Å². The maximum atomic E-state index is 11.8. The summed E-state index contributed by atoms with van der Waals surface area (Å²) in [6.45, 7) is 3.88. The molecule has 2 fully saturated rings. The molecule has 0 aliphatic heterocycles. The molecule has 0 unspecified atom stereocenters. The van der Waals surface area contributed by atoms with Gasteiger partial charge in [-0.05, 0) is 18.8 Å². The van der Waals surface area contributed by atoms with E-state index in [9.17, 15) is 9.59 Å². The Hall–Kier alpha value is -1.16. The van der Waals surface area contributed by atoms with E-state index in [4.69, 9.17) is 9.84 Å². The SMILES string of the molecule is C=CCO[C@H]1C(=O)[C@H]2C[C@@H]1C[C@H]2C(=O)O. The lowest BCUT2D eigenvalue weighted by molar-refractivity contribution is -0.150. The van der Waals surface area contributed by atoms with Crippen LogP contribution in [0.5, 0.6) is 0 Å². The molecule has 0 spiro atoms. The third kappa shape index (κ3) is 1.59. The normalized spacial score (nSPS) is 38.3. The van der Waals surface area contributed by atoms with Crippen LogP contribution in [0.15, 0.2) is 12.7 Å². The van der Waals surface area contributed by atoms with Gasteiger partial charge >= 0.3 is 5.97 Å². The van der Waals surface area contributed by atoms with Gasteiger partial charge in [-0.1, -0.05) is 6.08 Å². The minimum Gasteiger partial charge on any atom is -0.481 e. The maximum Gasteiger partial charge on any atom is 0.307 e. The number of aliphatic carboxylic acids is 1. The summed E-state index contributed by atoms with van der Waals surface area (Å²) < 4.78 is 5.37. The van der Waals surface area contributed by atoms with Crippen molar-refractivity contribution in [2.24, 2.45) is 17.8 Å². The van der Waals surface area contributed by atoms with Gasteiger partial charge in [-0.2, -0.15) is 0 Å². The molecule has 4 atom stereocenters. The minimum absolute atomic E-state index is 0.0273. The van der Waals surface area contributed by atoms with Crippen molar-refractivity contribution >= 4 is 11.8 Å². The van der Waals surface area contributed by atoms with Crippen molar-refractivity contribution in [2.45, 2.75) is 18.9 Å². The number of carbonyl (C=O) groups is 2. The van der Waals surface area contributed by atoms with Crippen LogP contribution in [0.25, 0.3) is 0 Å². The minimum atomic E-state index is -0.849. The van der Waals surface area contributed by atoms with Gasteiger partial charge in [-0.25, -0.2) is 0 Å². The third-order valence-electron chi connectivity index (χ3n) is 3.38. The Morgan fingerprint density at radius 2 is 2.33 bits per heavy atom. The number of rotatable bonds is 4. The monoisotopic (exact) mass is 210 g/mol. The van der Waals surface area contributed by atoms with E-state index in [1.165, 1.54) is 0 Å². The van der Waals surface area contributed by atoms with Crippen molar-refractivity contribution in [1.29, 1.82) is 0 Å². The molecule has 15 heavy (non-hydrogen) atoms. The Bertz CT molecular complexity index is 310.